The standard InChI is InChI=1S/C11H11N5.CH2ClI.ClH/c12-10-7-6-9(11(13)14-10)16-15-8-4-2-1-3-5-8;2-1-3;/h1-7H,(H4,12,13,14);1H2;1H. The van der Waals surface area contributed by atoms with E-state index < -0.39 is 0 Å². The lowest BCUT2D eigenvalue weighted by atomic mass is 10.3. The highest BCUT2D eigenvalue weighted by Crippen LogP contribution is 2.23. The Balaban J connectivity index is 0.000000830. The Morgan fingerprint density at radius 2 is 1.65 bits per heavy atom. The highest BCUT2D eigenvalue weighted by molar-refractivity contribution is 14.1. The van der Waals surface area contributed by atoms with Gasteiger partial charge in [0.15, 0.2) is 5.82 Å². The Labute approximate surface area is 142 Å². The second kappa shape index (κ2) is 10.6. The fraction of sp³-hybridized carbons (Fsp3) is 0.0833. The SMILES string of the molecule is Cl.ClCI.Nc1ccc(N=Nc2ccccc2)c(N)n1. The van der Waals surface area contributed by atoms with Crippen LogP contribution in [0.25, 0.3) is 0 Å². The molecule has 0 amide bonds. The molecule has 20 heavy (non-hydrogen) atoms. The predicted molar refractivity (Wildman–Crippen MR) is 95.7 cm³/mol. The zero-order valence-electron chi connectivity index (χ0n) is 10.4. The molecular formula is C12H14Cl2IN5. The number of nitrogen functional groups attached to an aromatic ring is 2. The van der Waals surface area contributed by atoms with Crippen molar-refractivity contribution in [1.29, 1.82) is 0 Å². The number of alkyl halides is 2. The Morgan fingerprint density at radius 3 is 2.20 bits per heavy atom. The average Bonchev–Trinajstić information content (AvgIpc) is 2.40. The number of rotatable bonds is 2. The van der Waals surface area contributed by atoms with E-state index in [0.29, 0.717) is 15.4 Å². The fourth-order valence-corrected chi connectivity index (χ4v) is 1.17. The normalized spacial score (nSPS) is 9.50. The summed E-state index contributed by atoms with van der Waals surface area (Å²) in [7, 11) is 0. The summed E-state index contributed by atoms with van der Waals surface area (Å²) in [5.41, 5.74) is 12.4. The molecular weight excluding hydrogens is 412 g/mol. The molecule has 0 radical (unpaired) electrons. The lowest BCUT2D eigenvalue weighted by molar-refractivity contribution is 1.21. The van der Waals surface area contributed by atoms with Gasteiger partial charge < -0.3 is 11.5 Å². The molecule has 108 valence electrons. The summed E-state index contributed by atoms with van der Waals surface area (Å²) in [6.07, 6.45) is 0. The van der Waals surface area contributed by atoms with Crippen LogP contribution in [0, 0.1) is 0 Å². The summed E-state index contributed by atoms with van der Waals surface area (Å²) < 4.78 is 0.692. The predicted octanol–water partition coefficient (Wildman–Crippen LogP) is 4.70. The highest BCUT2D eigenvalue weighted by atomic mass is 127. The lowest BCUT2D eigenvalue weighted by Gasteiger charge is -1.98. The summed E-state index contributed by atoms with van der Waals surface area (Å²) in [4.78, 5) is 3.89. The van der Waals surface area contributed by atoms with Crippen molar-refractivity contribution in [3.8, 4) is 0 Å². The summed E-state index contributed by atoms with van der Waals surface area (Å²) in [5, 5.41) is 8.03. The summed E-state index contributed by atoms with van der Waals surface area (Å²) in [5.74, 6) is 0.649. The molecule has 2 rings (SSSR count). The minimum atomic E-state index is 0. The first kappa shape index (κ1) is 18.9. The zero-order valence-corrected chi connectivity index (χ0v) is 14.1. The first-order valence-corrected chi connectivity index (χ1v) is 7.34. The number of nitrogens with zero attached hydrogens (tertiary/aromatic N) is 3. The molecule has 0 aliphatic carbocycles. The number of hydrogen-bond donors (Lipinski definition) is 2. The van der Waals surface area contributed by atoms with Crippen molar-refractivity contribution in [1.82, 2.24) is 4.98 Å². The number of azo groups is 1. The van der Waals surface area contributed by atoms with Gasteiger partial charge in [0.25, 0.3) is 0 Å². The average molecular weight is 426 g/mol. The molecule has 0 unspecified atom stereocenters. The van der Waals surface area contributed by atoms with Crippen molar-refractivity contribution >= 4 is 69.6 Å². The lowest BCUT2D eigenvalue weighted by Crippen LogP contribution is -1.95. The number of anilines is 2. The minimum Gasteiger partial charge on any atom is -0.384 e. The second-order valence-corrected chi connectivity index (χ2v) is 5.21. The van der Waals surface area contributed by atoms with Crippen LogP contribution >= 0.6 is 46.6 Å². The maximum Gasteiger partial charge on any atom is 0.153 e. The molecule has 2 aromatic rings. The Kier molecular flexibility index (Phi) is 10.0. The number of halogens is 3. The van der Waals surface area contributed by atoms with Gasteiger partial charge >= 0.3 is 0 Å². The molecule has 0 saturated carbocycles. The third-order valence-corrected chi connectivity index (χ3v) is 1.95. The van der Waals surface area contributed by atoms with Crippen molar-refractivity contribution in [3.05, 3.63) is 42.5 Å². The Hall–Kier alpha value is -1.12. The van der Waals surface area contributed by atoms with Gasteiger partial charge in [-0.15, -0.1) is 29.1 Å². The van der Waals surface area contributed by atoms with Crippen LogP contribution in [-0.4, -0.2) is 8.87 Å². The van der Waals surface area contributed by atoms with E-state index >= 15 is 0 Å². The molecule has 1 heterocycles. The van der Waals surface area contributed by atoms with Gasteiger partial charge in [-0.25, -0.2) is 4.98 Å². The fourth-order valence-electron chi connectivity index (χ4n) is 1.17. The number of aromatic nitrogens is 1. The van der Waals surface area contributed by atoms with Crippen LogP contribution in [0.1, 0.15) is 0 Å². The van der Waals surface area contributed by atoms with Gasteiger partial charge in [-0.05, 0) is 24.3 Å². The smallest absolute Gasteiger partial charge is 0.153 e. The minimum absolute atomic E-state index is 0. The molecule has 0 fully saturated rings. The molecule has 0 spiro atoms. The van der Waals surface area contributed by atoms with Crippen LogP contribution in [0.2, 0.25) is 0 Å². The highest BCUT2D eigenvalue weighted by Gasteiger charge is 1.98. The monoisotopic (exact) mass is 425 g/mol. The first-order chi connectivity index (χ1) is 9.17. The van der Waals surface area contributed by atoms with Crippen molar-refractivity contribution in [2.45, 2.75) is 0 Å². The van der Waals surface area contributed by atoms with E-state index in [1.54, 1.807) is 12.1 Å². The van der Waals surface area contributed by atoms with Crippen molar-refractivity contribution in [2.24, 2.45) is 10.2 Å². The number of benzene rings is 1. The summed E-state index contributed by atoms with van der Waals surface area (Å²) in [6, 6.07) is 12.7. The van der Waals surface area contributed by atoms with Crippen molar-refractivity contribution in [2.75, 3.05) is 15.4 Å². The topological polar surface area (TPSA) is 89.6 Å². The molecule has 0 bridgehead atoms. The van der Waals surface area contributed by atoms with Gasteiger partial charge in [-0.3, -0.25) is 0 Å². The first-order valence-electron chi connectivity index (χ1n) is 5.28. The van der Waals surface area contributed by atoms with Crippen LogP contribution in [-0.2, 0) is 0 Å². The quantitative estimate of drug-likeness (QED) is 0.415. The van der Waals surface area contributed by atoms with Crippen molar-refractivity contribution < 1.29 is 0 Å². The molecule has 0 atom stereocenters. The van der Waals surface area contributed by atoms with E-state index in [2.05, 4.69) is 37.8 Å². The largest absolute Gasteiger partial charge is 0.384 e. The third kappa shape index (κ3) is 6.88. The summed E-state index contributed by atoms with van der Waals surface area (Å²) in [6.45, 7) is 0. The van der Waals surface area contributed by atoms with E-state index in [0.717, 1.165) is 5.69 Å². The van der Waals surface area contributed by atoms with Crippen LogP contribution in [0.5, 0.6) is 0 Å². The Bertz CT molecular complexity index is 537. The van der Waals surface area contributed by atoms with Crippen LogP contribution in [0.15, 0.2) is 52.7 Å². The molecule has 1 aromatic heterocycles. The van der Waals surface area contributed by atoms with Gasteiger partial charge in [0.1, 0.15) is 11.5 Å². The van der Waals surface area contributed by atoms with Gasteiger partial charge in [-0.2, -0.15) is 5.11 Å². The second-order valence-electron chi connectivity index (χ2n) is 3.28. The molecule has 4 N–H and O–H groups in total. The Morgan fingerprint density at radius 1 is 1.05 bits per heavy atom. The number of nitrogens with two attached hydrogens (primary N) is 2. The van der Waals surface area contributed by atoms with Crippen LogP contribution < -0.4 is 11.5 Å². The number of pyridine rings is 1. The van der Waals surface area contributed by atoms with Gasteiger partial charge in [0, 0.05) is 0 Å². The maximum atomic E-state index is 5.64. The van der Waals surface area contributed by atoms with Crippen LogP contribution in [0.4, 0.5) is 23.0 Å². The van der Waals surface area contributed by atoms with E-state index in [1.165, 1.54) is 0 Å². The number of hydrogen-bond acceptors (Lipinski definition) is 5. The zero-order chi connectivity index (χ0) is 14.1. The van der Waals surface area contributed by atoms with Crippen molar-refractivity contribution in [3.63, 3.8) is 0 Å². The molecule has 0 aliphatic heterocycles. The van der Waals surface area contributed by atoms with Gasteiger partial charge in [-0.1, -0.05) is 40.8 Å². The van der Waals surface area contributed by atoms with Gasteiger partial charge in [0.05, 0.1) is 9.57 Å². The van der Waals surface area contributed by atoms with Gasteiger partial charge in [0.2, 0.25) is 0 Å². The maximum absolute atomic E-state index is 5.64. The third-order valence-electron chi connectivity index (χ3n) is 1.95. The van der Waals surface area contributed by atoms with E-state index in [1.807, 2.05) is 30.3 Å². The van der Waals surface area contributed by atoms with Crippen LogP contribution in [0.3, 0.4) is 0 Å². The molecule has 0 saturated heterocycles. The van der Waals surface area contributed by atoms with E-state index in [-0.39, 0.29) is 18.2 Å². The van der Waals surface area contributed by atoms with E-state index in [9.17, 15) is 0 Å². The molecule has 1 aromatic carbocycles. The van der Waals surface area contributed by atoms with E-state index in [4.69, 9.17) is 23.1 Å². The molecule has 5 nitrogen and oxygen atoms in total. The summed E-state index contributed by atoms with van der Waals surface area (Å²) >= 11 is 7.04. The molecule has 0 aliphatic rings. The molecule has 8 heteroatoms.